The van der Waals surface area contributed by atoms with E-state index >= 15 is 0 Å². The van der Waals surface area contributed by atoms with Crippen LogP contribution in [0.5, 0.6) is 0 Å². The molecule has 0 aromatic rings. The fourth-order valence-corrected chi connectivity index (χ4v) is 2.39. The Hall–Kier alpha value is -0.900. The molecular weight excluding hydrogens is 216 g/mol. The zero-order chi connectivity index (χ0) is 12.3. The maximum absolute atomic E-state index is 11.7. The second-order valence-corrected chi connectivity index (χ2v) is 5.40. The van der Waals surface area contributed by atoms with Crippen molar-refractivity contribution in [2.75, 3.05) is 26.2 Å². The lowest BCUT2D eigenvalue weighted by Gasteiger charge is -2.31. The number of hydrogen-bond donors (Lipinski definition) is 1. The average Bonchev–Trinajstić information content (AvgIpc) is 3.12. The third kappa shape index (κ3) is 4.11. The summed E-state index contributed by atoms with van der Waals surface area (Å²) in [5.74, 6) is 1.46. The molecule has 2 fully saturated rings. The molecule has 1 saturated carbocycles. The number of nitrogens with zero attached hydrogens (tertiary/aromatic N) is 1. The molecule has 1 heterocycles. The number of carbonyl (C=O) groups is 2. The van der Waals surface area contributed by atoms with Crippen molar-refractivity contribution in [2.45, 2.75) is 32.6 Å². The molecule has 1 aliphatic heterocycles. The number of ketones is 1. The topological polar surface area (TPSA) is 49.4 Å². The number of piperidine rings is 1. The van der Waals surface area contributed by atoms with Crippen molar-refractivity contribution in [3.8, 4) is 0 Å². The molecule has 17 heavy (non-hydrogen) atoms. The van der Waals surface area contributed by atoms with E-state index in [9.17, 15) is 9.59 Å². The molecule has 1 amide bonds. The maximum Gasteiger partial charge on any atom is 0.216 e. The van der Waals surface area contributed by atoms with Gasteiger partial charge in [0.1, 0.15) is 5.78 Å². The fraction of sp³-hybridized carbons (Fsp3) is 0.846. The lowest BCUT2D eigenvalue weighted by molar-refractivity contribution is -0.121. The smallest absolute Gasteiger partial charge is 0.216 e. The Morgan fingerprint density at radius 2 is 1.82 bits per heavy atom. The van der Waals surface area contributed by atoms with Crippen LogP contribution in [0.2, 0.25) is 0 Å². The van der Waals surface area contributed by atoms with Crippen molar-refractivity contribution >= 4 is 11.7 Å². The Balaban J connectivity index is 1.63. The summed E-state index contributed by atoms with van der Waals surface area (Å²) in [7, 11) is 0. The highest BCUT2D eigenvalue weighted by molar-refractivity contribution is 5.85. The van der Waals surface area contributed by atoms with Crippen molar-refractivity contribution in [2.24, 2.45) is 11.8 Å². The number of likely N-dealkylation sites (tertiary alicyclic amines) is 1. The number of nitrogens with one attached hydrogen (secondary N) is 1. The van der Waals surface area contributed by atoms with Crippen LogP contribution in [0.1, 0.15) is 32.6 Å². The first-order valence-electron chi connectivity index (χ1n) is 6.64. The van der Waals surface area contributed by atoms with Crippen molar-refractivity contribution in [1.82, 2.24) is 10.2 Å². The van der Waals surface area contributed by atoms with Gasteiger partial charge in [-0.15, -0.1) is 0 Å². The van der Waals surface area contributed by atoms with Gasteiger partial charge in [0, 0.05) is 19.4 Å². The highest BCUT2D eigenvalue weighted by atomic mass is 16.1. The van der Waals surface area contributed by atoms with Crippen molar-refractivity contribution < 1.29 is 9.59 Å². The molecule has 96 valence electrons. The zero-order valence-electron chi connectivity index (χ0n) is 10.6. The minimum absolute atomic E-state index is 0.0522. The normalized spacial score (nSPS) is 22.4. The second kappa shape index (κ2) is 5.63. The Labute approximate surface area is 103 Å². The summed E-state index contributed by atoms with van der Waals surface area (Å²) in [4.78, 5) is 24.8. The molecule has 4 heteroatoms. The standard InChI is InChI=1S/C13H22N2O2/c1-10(16)14-8-11-4-6-15(7-5-11)9-13(17)12-2-3-12/h11-12H,2-9H2,1H3,(H,14,16). The van der Waals surface area contributed by atoms with Gasteiger partial charge < -0.3 is 5.32 Å². The Morgan fingerprint density at radius 3 is 2.35 bits per heavy atom. The molecule has 4 nitrogen and oxygen atoms in total. The number of hydrogen-bond acceptors (Lipinski definition) is 3. The van der Waals surface area contributed by atoms with Gasteiger partial charge >= 0.3 is 0 Å². The van der Waals surface area contributed by atoms with Crippen LogP contribution >= 0.6 is 0 Å². The summed E-state index contributed by atoms with van der Waals surface area (Å²) >= 11 is 0. The number of carbonyl (C=O) groups excluding carboxylic acids is 2. The van der Waals surface area contributed by atoms with Gasteiger partial charge in [0.25, 0.3) is 0 Å². The molecule has 2 rings (SSSR count). The molecule has 0 atom stereocenters. The van der Waals surface area contributed by atoms with E-state index in [4.69, 9.17) is 0 Å². The molecule has 0 aromatic carbocycles. The number of amides is 1. The Bertz CT molecular complexity index is 292. The predicted molar refractivity (Wildman–Crippen MR) is 65.6 cm³/mol. The van der Waals surface area contributed by atoms with Gasteiger partial charge in [-0.25, -0.2) is 0 Å². The van der Waals surface area contributed by atoms with Crippen LogP contribution in [0.3, 0.4) is 0 Å². The van der Waals surface area contributed by atoms with Crippen LogP contribution in [-0.4, -0.2) is 42.8 Å². The lowest BCUT2D eigenvalue weighted by Crippen LogP contribution is -2.40. The highest BCUT2D eigenvalue weighted by Gasteiger charge is 2.31. The first-order chi connectivity index (χ1) is 8.15. The summed E-state index contributed by atoms with van der Waals surface area (Å²) in [5.41, 5.74) is 0. The summed E-state index contributed by atoms with van der Waals surface area (Å²) in [6, 6.07) is 0. The van der Waals surface area contributed by atoms with E-state index in [-0.39, 0.29) is 5.91 Å². The minimum Gasteiger partial charge on any atom is -0.356 e. The van der Waals surface area contributed by atoms with E-state index < -0.39 is 0 Å². The maximum atomic E-state index is 11.7. The minimum atomic E-state index is 0.0522. The van der Waals surface area contributed by atoms with Crippen LogP contribution < -0.4 is 5.32 Å². The largest absolute Gasteiger partial charge is 0.356 e. The van der Waals surface area contributed by atoms with Gasteiger partial charge in [-0.2, -0.15) is 0 Å². The van der Waals surface area contributed by atoms with Crippen LogP contribution in [0, 0.1) is 11.8 Å². The average molecular weight is 238 g/mol. The first kappa shape index (κ1) is 12.6. The van der Waals surface area contributed by atoms with E-state index in [1.54, 1.807) is 6.92 Å². The molecule has 0 spiro atoms. The summed E-state index contributed by atoms with van der Waals surface area (Å²) in [6.45, 7) is 5.01. The van der Waals surface area contributed by atoms with Crippen LogP contribution in [-0.2, 0) is 9.59 Å². The fourth-order valence-electron chi connectivity index (χ4n) is 2.39. The van der Waals surface area contributed by atoms with Crippen LogP contribution in [0.4, 0.5) is 0 Å². The predicted octanol–water partition coefficient (Wildman–Crippen LogP) is 0.814. The van der Waals surface area contributed by atoms with Crippen molar-refractivity contribution in [3.63, 3.8) is 0 Å². The molecule has 0 bridgehead atoms. The molecule has 1 saturated heterocycles. The molecule has 1 aliphatic carbocycles. The monoisotopic (exact) mass is 238 g/mol. The van der Waals surface area contributed by atoms with Gasteiger partial charge in [0.05, 0.1) is 6.54 Å². The van der Waals surface area contributed by atoms with E-state index in [2.05, 4.69) is 10.2 Å². The molecule has 0 unspecified atom stereocenters. The Kier molecular flexibility index (Phi) is 4.15. The SMILES string of the molecule is CC(=O)NCC1CCN(CC(=O)C2CC2)CC1. The third-order valence-electron chi connectivity index (χ3n) is 3.76. The summed E-state index contributed by atoms with van der Waals surface area (Å²) in [6.07, 6.45) is 4.41. The van der Waals surface area contributed by atoms with Gasteiger partial charge in [0.2, 0.25) is 5.91 Å². The van der Waals surface area contributed by atoms with E-state index in [1.165, 1.54) is 0 Å². The zero-order valence-corrected chi connectivity index (χ0v) is 10.6. The molecule has 0 radical (unpaired) electrons. The van der Waals surface area contributed by atoms with E-state index in [0.717, 1.165) is 45.3 Å². The summed E-state index contributed by atoms with van der Waals surface area (Å²) < 4.78 is 0. The Morgan fingerprint density at radius 1 is 1.18 bits per heavy atom. The van der Waals surface area contributed by atoms with Crippen LogP contribution in [0.25, 0.3) is 0 Å². The van der Waals surface area contributed by atoms with Crippen molar-refractivity contribution in [3.05, 3.63) is 0 Å². The lowest BCUT2D eigenvalue weighted by atomic mass is 9.96. The molecular formula is C13H22N2O2. The van der Waals surface area contributed by atoms with Gasteiger partial charge in [-0.3, -0.25) is 14.5 Å². The second-order valence-electron chi connectivity index (χ2n) is 5.40. The van der Waals surface area contributed by atoms with E-state index in [0.29, 0.717) is 24.2 Å². The number of Topliss-reactive ketones (excluding diaryl/α,β-unsaturated/α-hetero) is 1. The summed E-state index contributed by atoms with van der Waals surface area (Å²) in [5, 5.41) is 2.87. The van der Waals surface area contributed by atoms with Gasteiger partial charge in [-0.05, 0) is 44.7 Å². The number of rotatable bonds is 5. The van der Waals surface area contributed by atoms with Crippen LogP contribution in [0.15, 0.2) is 0 Å². The van der Waals surface area contributed by atoms with E-state index in [1.807, 2.05) is 0 Å². The molecule has 0 aromatic heterocycles. The molecule has 2 aliphatic rings. The quantitative estimate of drug-likeness (QED) is 0.771. The van der Waals surface area contributed by atoms with Gasteiger partial charge in [0.15, 0.2) is 0 Å². The van der Waals surface area contributed by atoms with Gasteiger partial charge in [-0.1, -0.05) is 0 Å². The van der Waals surface area contributed by atoms with Crippen molar-refractivity contribution in [1.29, 1.82) is 0 Å². The first-order valence-corrected chi connectivity index (χ1v) is 6.64. The highest BCUT2D eigenvalue weighted by Crippen LogP contribution is 2.30. The molecule has 1 N–H and O–H groups in total. The third-order valence-corrected chi connectivity index (χ3v) is 3.76.